The molecule has 0 rings (SSSR count). The zero-order valence-corrected chi connectivity index (χ0v) is 36.4. The summed E-state index contributed by atoms with van der Waals surface area (Å²) in [5.41, 5.74) is 0. The maximum atomic E-state index is 2.42. The van der Waals surface area contributed by atoms with Crippen molar-refractivity contribution in [1.82, 2.24) is 0 Å². The predicted molar refractivity (Wildman–Crippen MR) is 228 cm³/mol. The van der Waals surface area contributed by atoms with Crippen LogP contribution in [0.4, 0.5) is 0 Å². The molecule has 0 fully saturated rings. The van der Waals surface area contributed by atoms with Crippen LogP contribution >= 0.6 is 0 Å². The van der Waals surface area contributed by atoms with Crippen LogP contribution in [0, 0.1) is 41.4 Å². The van der Waals surface area contributed by atoms with Gasteiger partial charge in [0.25, 0.3) is 0 Å². The Morgan fingerprint density at radius 1 is 0.163 bits per heavy atom. The molecule has 0 spiro atoms. The van der Waals surface area contributed by atoms with Gasteiger partial charge in [-0.05, 0) is 41.4 Å². The molecule has 0 radical (unpaired) electrons. The van der Waals surface area contributed by atoms with Crippen molar-refractivity contribution in [1.29, 1.82) is 0 Å². The van der Waals surface area contributed by atoms with Crippen LogP contribution in [0.15, 0.2) is 0 Å². The highest BCUT2D eigenvalue weighted by Gasteiger charge is 2.19. The van der Waals surface area contributed by atoms with Crippen molar-refractivity contribution >= 4 is 0 Å². The van der Waals surface area contributed by atoms with Crippen LogP contribution in [-0.4, -0.2) is 0 Å². The molecule has 49 heavy (non-hydrogen) atoms. The fourth-order valence-electron chi connectivity index (χ4n) is 10.1. The van der Waals surface area contributed by atoms with Crippen molar-refractivity contribution in [2.45, 2.75) is 274 Å². The number of unbranched alkanes of at least 4 members (excludes halogenated alkanes) is 1. The van der Waals surface area contributed by atoms with Crippen molar-refractivity contribution in [2.24, 2.45) is 41.4 Å². The van der Waals surface area contributed by atoms with Crippen LogP contribution in [0.1, 0.15) is 274 Å². The maximum Gasteiger partial charge on any atom is -0.0414 e. The molecule has 0 aromatic heterocycles. The molecule has 0 aromatic carbocycles. The Morgan fingerprint density at radius 3 is 0.510 bits per heavy atom. The SMILES string of the molecule is CCCCC(CCCC(CCC(CCC)CCC)CCC(CCC)CCC)CCCC(CCC(CCC)CCC)CCC(CCC)CCC. The van der Waals surface area contributed by atoms with Gasteiger partial charge in [0, 0.05) is 0 Å². The highest BCUT2D eigenvalue weighted by molar-refractivity contribution is 4.72. The molecule has 0 aromatic rings. The van der Waals surface area contributed by atoms with E-state index < -0.39 is 0 Å². The molecule has 0 aliphatic carbocycles. The normalized spacial score (nSPS) is 12.5. The summed E-state index contributed by atoms with van der Waals surface area (Å²) in [7, 11) is 0. The van der Waals surface area contributed by atoms with Gasteiger partial charge in [-0.25, -0.2) is 0 Å². The molecular formula is C49H100. The first kappa shape index (κ1) is 49.0. The van der Waals surface area contributed by atoms with E-state index in [0.29, 0.717) is 0 Å². The molecule has 0 N–H and O–H groups in total. The van der Waals surface area contributed by atoms with E-state index in [4.69, 9.17) is 0 Å². The van der Waals surface area contributed by atoms with Crippen LogP contribution < -0.4 is 0 Å². The van der Waals surface area contributed by atoms with Gasteiger partial charge in [0.15, 0.2) is 0 Å². The van der Waals surface area contributed by atoms with E-state index in [1.807, 2.05) is 0 Å². The molecule has 0 bridgehead atoms. The second kappa shape index (κ2) is 36.4. The molecule has 0 saturated heterocycles. The zero-order valence-electron chi connectivity index (χ0n) is 36.4. The fourth-order valence-corrected chi connectivity index (χ4v) is 10.1. The van der Waals surface area contributed by atoms with Crippen LogP contribution in [0.5, 0.6) is 0 Å². The average molecular weight is 689 g/mol. The minimum Gasteiger partial charge on any atom is -0.0654 e. The predicted octanol–water partition coefficient (Wildman–Crippen LogP) is 18.4. The molecule has 0 unspecified atom stereocenters. The summed E-state index contributed by atoms with van der Waals surface area (Å²) in [4.78, 5) is 0. The molecule has 0 aliphatic rings. The van der Waals surface area contributed by atoms with Gasteiger partial charge in [-0.1, -0.05) is 274 Å². The first-order valence-corrected chi connectivity index (χ1v) is 23.9. The molecule has 0 nitrogen and oxygen atoms in total. The smallest absolute Gasteiger partial charge is 0.0414 e. The van der Waals surface area contributed by atoms with E-state index in [0.717, 1.165) is 41.4 Å². The van der Waals surface area contributed by atoms with Crippen molar-refractivity contribution in [3.05, 3.63) is 0 Å². The van der Waals surface area contributed by atoms with Crippen molar-refractivity contribution in [2.75, 3.05) is 0 Å². The van der Waals surface area contributed by atoms with E-state index in [9.17, 15) is 0 Å². The van der Waals surface area contributed by atoms with E-state index in [2.05, 4.69) is 62.3 Å². The van der Waals surface area contributed by atoms with Crippen LogP contribution in [0.2, 0.25) is 0 Å². The molecule has 0 saturated carbocycles. The molecule has 0 amide bonds. The summed E-state index contributed by atoms with van der Waals surface area (Å²) in [5.74, 6) is 6.92. The summed E-state index contributed by atoms with van der Waals surface area (Å²) in [6.07, 6.45) is 48.2. The Hall–Kier alpha value is 0. The topological polar surface area (TPSA) is 0 Å². The third kappa shape index (κ3) is 28.2. The van der Waals surface area contributed by atoms with Crippen LogP contribution in [-0.2, 0) is 0 Å². The minimum atomic E-state index is 0.988. The Kier molecular flexibility index (Phi) is 36.4. The quantitative estimate of drug-likeness (QED) is 0.0603. The maximum absolute atomic E-state index is 2.42. The highest BCUT2D eigenvalue weighted by Crippen LogP contribution is 2.34. The van der Waals surface area contributed by atoms with Gasteiger partial charge in [-0.3, -0.25) is 0 Å². The van der Waals surface area contributed by atoms with Gasteiger partial charge in [0.05, 0.1) is 0 Å². The third-order valence-electron chi connectivity index (χ3n) is 12.9. The van der Waals surface area contributed by atoms with E-state index >= 15 is 0 Å². The van der Waals surface area contributed by atoms with Gasteiger partial charge in [0.1, 0.15) is 0 Å². The van der Waals surface area contributed by atoms with Crippen molar-refractivity contribution in [3.8, 4) is 0 Å². The van der Waals surface area contributed by atoms with E-state index in [-0.39, 0.29) is 0 Å². The number of rotatable bonds is 39. The van der Waals surface area contributed by atoms with Gasteiger partial charge >= 0.3 is 0 Å². The minimum absolute atomic E-state index is 0.988. The summed E-state index contributed by atoms with van der Waals surface area (Å²) >= 11 is 0. The first-order chi connectivity index (χ1) is 23.9. The zero-order chi connectivity index (χ0) is 36.4. The highest BCUT2D eigenvalue weighted by atomic mass is 14.3. The van der Waals surface area contributed by atoms with Crippen LogP contribution in [0.3, 0.4) is 0 Å². The molecule has 0 atom stereocenters. The molecule has 0 heteroatoms. The summed E-state index contributed by atoms with van der Waals surface area (Å²) in [6.45, 7) is 21.7. The summed E-state index contributed by atoms with van der Waals surface area (Å²) in [6, 6.07) is 0. The lowest BCUT2D eigenvalue weighted by atomic mass is 9.80. The second-order valence-corrected chi connectivity index (χ2v) is 17.7. The van der Waals surface area contributed by atoms with E-state index in [1.54, 1.807) is 0 Å². The lowest BCUT2D eigenvalue weighted by Gasteiger charge is -2.25. The average Bonchev–Trinajstić information content (AvgIpc) is 3.09. The largest absolute Gasteiger partial charge is 0.0654 e. The fraction of sp³-hybridized carbons (Fsp3) is 1.00. The third-order valence-corrected chi connectivity index (χ3v) is 12.9. The second-order valence-electron chi connectivity index (χ2n) is 17.7. The molecule has 0 heterocycles. The summed E-state index contributed by atoms with van der Waals surface area (Å²) < 4.78 is 0. The Balaban J connectivity index is 5.35. The summed E-state index contributed by atoms with van der Waals surface area (Å²) in [5, 5.41) is 0. The monoisotopic (exact) mass is 689 g/mol. The molecule has 296 valence electrons. The molecule has 0 aliphatic heterocycles. The van der Waals surface area contributed by atoms with Gasteiger partial charge in [-0.15, -0.1) is 0 Å². The van der Waals surface area contributed by atoms with Gasteiger partial charge in [0.2, 0.25) is 0 Å². The standard InChI is InChI=1S/C49H100/c1-10-19-30-47(31-20-33-48(39-35-43(22-11-2)23-12-3)40-36-44(24-13-4)25-14-5)32-21-34-49(41-37-45(26-15-6)27-16-7)42-38-46(28-17-8)29-18-9/h43-49H,10-42H2,1-9H3. The van der Waals surface area contributed by atoms with Crippen molar-refractivity contribution < 1.29 is 0 Å². The lowest BCUT2D eigenvalue weighted by Crippen LogP contribution is -2.11. The van der Waals surface area contributed by atoms with Crippen molar-refractivity contribution in [3.63, 3.8) is 0 Å². The number of hydrogen-bond acceptors (Lipinski definition) is 0. The van der Waals surface area contributed by atoms with E-state index in [1.165, 1.54) is 212 Å². The Labute approximate surface area is 314 Å². The van der Waals surface area contributed by atoms with Crippen LogP contribution in [0.25, 0.3) is 0 Å². The Bertz CT molecular complexity index is 508. The van der Waals surface area contributed by atoms with Gasteiger partial charge in [-0.2, -0.15) is 0 Å². The van der Waals surface area contributed by atoms with Gasteiger partial charge < -0.3 is 0 Å². The Morgan fingerprint density at radius 2 is 0.327 bits per heavy atom. The first-order valence-electron chi connectivity index (χ1n) is 23.9. The number of hydrogen-bond donors (Lipinski definition) is 0. The molecular weight excluding hydrogens is 589 g/mol. The lowest BCUT2D eigenvalue weighted by molar-refractivity contribution is 0.273.